The molecule has 2 amide bonds. The summed E-state index contributed by atoms with van der Waals surface area (Å²) in [4.78, 5) is 42.5. The third-order valence-corrected chi connectivity index (χ3v) is 10.1. The first-order valence-corrected chi connectivity index (χ1v) is 14.9. The maximum atomic E-state index is 13.6. The molecule has 7 nitrogen and oxygen atoms in total. The number of aliphatic hydroxyl groups is 1. The Kier molecular flexibility index (Phi) is 8.34. The van der Waals surface area contributed by atoms with E-state index in [0.29, 0.717) is 42.8 Å². The van der Waals surface area contributed by atoms with E-state index in [4.69, 9.17) is 0 Å². The summed E-state index contributed by atoms with van der Waals surface area (Å²) < 4.78 is 0. The smallest absolute Gasteiger partial charge is 0.254 e. The molecule has 0 aromatic heterocycles. The molecule has 2 aromatic rings. The van der Waals surface area contributed by atoms with Crippen LogP contribution < -0.4 is 5.32 Å². The topological polar surface area (TPSA) is 89.9 Å². The van der Waals surface area contributed by atoms with E-state index in [1.807, 2.05) is 23.1 Å². The SMILES string of the molecule is CC1(C)CN(C[C@@H](O)[C@@H]2Cc3ccccc3CN2)C(=O)c2ccc(C(=O)N3CCC4(CCC(=O)CC4)CC3)cc21.Cl. The van der Waals surface area contributed by atoms with Crippen molar-refractivity contribution in [2.75, 3.05) is 26.2 Å². The molecule has 8 heteroatoms. The molecule has 0 unspecified atom stereocenters. The van der Waals surface area contributed by atoms with E-state index in [0.717, 1.165) is 50.8 Å². The fourth-order valence-corrected chi connectivity index (χ4v) is 7.41. The molecule has 2 fully saturated rings. The maximum absolute atomic E-state index is 13.6. The predicted molar refractivity (Wildman–Crippen MR) is 160 cm³/mol. The van der Waals surface area contributed by atoms with Gasteiger partial charge in [-0.05, 0) is 72.4 Å². The van der Waals surface area contributed by atoms with E-state index in [-0.39, 0.29) is 47.6 Å². The lowest BCUT2D eigenvalue weighted by Gasteiger charge is -2.44. The van der Waals surface area contributed by atoms with Crippen molar-refractivity contribution in [3.63, 3.8) is 0 Å². The van der Waals surface area contributed by atoms with Gasteiger partial charge in [0.05, 0.1) is 6.10 Å². The van der Waals surface area contributed by atoms with Crippen LogP contribution in [0.15, 0.2) is 42.5 Å². The van der Waals surface area contributed by atoms with E-state index in [1.54, 1.807) is 17.0 Å². The van der Waals surface area contributed by atoms with Crippen LogP contribution in [-0.4, -0.2) is 70.8 Å². The van der Waals surface area contributed by atoms with Crippen LogP contribution in [0.3, 0.4) is 0 Å². The zero-order valence-electron chi connectivity index (χ0n) is 24.2. The summed E-state index contributed by atoms with van der Waals surface area (Å²) in [7, 11) is 0. The Balaban J connectivity index is 0.00000337. The molecule has 4 aliphatic rings. The number of likely N-dealkylation sites (tertiary alicyclic amines) is 1. The second-order valence-corrected chi connectivity index (χ2v) is 13.2. The number of carbonyl (C=O) groups is 3. The highest BCUT2D eigenvalue weighted by molar-refractivity contribution is 6.00. The minimum atomic E-state index is -0.680. The molecule has 2 N–H and O–H groups in total. The number of nitrogens with zero attached hydrogens (tertiary/aromatic N) is 2. The molecule has 1 aliphatic carbocycles. The number of fused-ring (bicyclic) bond motifs is 2. The summed E-state index contributed by atoms with van der Waals surface area (Å²) in [5, 5.41) is 14.6. The number of piperidine rings is 1. The van der Waals surface area contributed by atoms with Gasteiger partial charge in [0.2, 0.25) is 0 Å². The van der Waals surface area contributed by atoms with E-state index in [2.05, 4.69) is 31.3 Å². The van der Waals surface area contributed by atoms with Crippen LogP contribution in [0, 0.1) is 5.41 Å². The largest absolute Gasteiger partial charge is 0.390 e. The number of nitrogens with one attached hydrogen (secondary N) is 1. The fraction of sp³-hybridized carbons (Fsp3) is 0.545. The molecule has 3 heterocycles. The van der Waals surface area contributed by atoms with E-state index in [9.17, 15) is 19.5 Å². The first kappa shape index (κ1) is 29.7. The summed E-state index contributed by atoms with van der Waals surface area (Å²) in [6.07, 6.45) is 5.25. The number of amides is 2. The van der Waals surface area contributed by atoms with Crippen molar-refractivity contribution in [3.05, 3.63) is 70.3 Å². The van der Waals surface area contributed by atoms with Crippen LogP contribution in [0.1, 0.15) is 89.8 Å². The Morgan fingerprint density at radius 2 is 1.71 bits per heavy atom. The van der Waals surface area contributed by atoms with Crippen LogP contribution in [0.4, 0.5) is 0 Å². The Labute approximate surface area is 249 Å². The van der Waals surface area contributed by atoms with Gasteiger partial charge < -0.3 is 20.2 Å². The molecule has 2 atom stereocenters. The summed E-state index contributed by atoms with van der Waals surface area (Å²) in [5.74, 6) is 0.310. The number of Topliss-reactive ketones (excluding diaryl/α,β-unsaturated/α-hetero) is 1. The number of carbonyl (C=O) groups excluding carboxylic acids is 3. The number of rotatable bonds is 4. The van der Waals surface area contributed by atoms with Gasteiger partial charge in [0.1, 0.15) is 5.78 Å². The van der Waals surface area contributed by atoms with Crippen LogP contribution in [-0.2, 0) is 23.2 Å². The zero-order valence-corrected chi connectivity index (χ0v) is 25.0. The van der Waals surface area contributed by atoms with Gasteiger partial charge in [-0.2, -0.15) is 0 Å². The average Bonchev–Trinajstić information content (AvgIpc) is 2.97. The van der Waals surface area contributed by atoms with E-state index >= 15 is 0 Å². The Bertz CT molecular complexity index is 1320. The highest BCUT2D eigenvalue weighted by atomic mass is 35.5. The molecule has 41 heavy (non-hydrogen) atoms. The molecule has 0 radical (unpaired) electrons. The predicted octanol–water partition coefficient (Wildman–Crippen LogP) is 4.28. The number of halogens is 1. The number of benzene rings is 2. The summed E-state index contributed by atoms with van der Waals surface area (Å²) in [5.41, 5.74) is 4.52. The lowest BCUT2D eigenvalue weighted by molar-refractivity contribution is -0.123. The van der Waals surface area contributed by atoms with Crippen molar-refractivity contribution in [2.24, 2.45) is 5.41 Å². The fourth-order valence-electron chi connectivity index (χ4n) is 7.41. The van der Waals surface area contributed by atoms with Gasteiger partial charge in [0.25, 0.3) is 11.8 Å². The number of β-amino-alcohol motifs (C(OH)–C–C–N with tert-alkyl or cyclic N) is 1. The standard InChI is InChI=1S/C33H41N3O4.ClH/c1-32(2)21-36(20-29(38)28-18-22-5-3-4-6-24(22)19-34-28)31(40)26-8-7-23(17-27(26)32)30(39)35-15-13-33(14-16-35)11-9-25(37)10-12-33;/h3-8,17,28-29,34,38H,9-16,18-21H2,1-2H3;1H/t28-,29+;/m0./s1. The normalized spacial score (nSPS) is 23.8. The highest BCUT2D eigenvalue weighted by Gasteiger charge is 2.41. The highest BCUT2D eigenvalue weighted by Crippen LogP contribution is 2.44. The summed E-state index contributed by atoms with van der Waals surface area (Å²) in [6, 6.07) is 13.7. The van der Waals surface area contributed by atoms with Gasteiger partial charge in [-0.3, -0.25) is 14.4 Å². The summed E-state index contributed by atoms with van der Waals surface area (Å²) >= 11 is 0. The third-order valence-electron chi connectivity index (χ3n) is 10.1. The number of hydrogen-bond acceptors (Lipinski definition) is 5. The molecule has 1 saturated carbocycles. The van der Waals surface area contributed by atoms with E-state index < -0.39 is 6.10 Å². The van der Waals surface area contributed by atoms with Gasteiger partial charge in [0.15, 0.2) is 0 Å². The van der Waals surface area contributed by atoms with Gasteiger partial charge in [-0.1, -0.05) is 38.1 Å². The average molecular weight is 580 g/mol. The molecular formula is C33H42ClN3O4. The van der Waals surface area contributed by atoms with Crippen molar-refractivity contribution in [1.82, 2.24) is 15.1 Å². The van der Waals surface area contributed by atoms with Crippen molar-refractivity contribution in [2.45, 2.75) is 82.9 Å². The van der Waals surface area contributed by atoms with Gasteiger partial charge in [-0.25, -0.2) is 0 Å². The first-order chi connectivity index (χ1) is 19.1. The van der Waals surface area contributed by atoms with Crippen molar-refractivity contribution < 1.29 is 19.5 Å². The second kappa shape index (κ2) is 11.5. The Morgan fingerprint density at radius 1 is 1.02 bits per heavy atom. The van der Waals surface area contributed by atoms with Crippen molar-refractivity contribution in [1.29, 1.82) is 0 Å². The number of ketones is 1. The molecule has 1 saturated heterocycles. The zero-order chi connectivity index (χ0) is 28.1. The lowest BCUT2D eigenvalue weighted by atomic mass is 9.68. The van der Waals surface area contributed by atoms with Gasteiger partial charge in [-0.15, -0.1) is 12.4 Å². The summed E-state index contributed by atoms with van der Waals surface area (Å²) in [6.45, 7) is 7.13. The molecule has 0 bridgehead atoms. The van der Waals surface area contributed by atoms with Crippen LogP contribution >= 0.6 is 12.4 Å². The first-order valence-electron chi connectivity index (χ1n) is 14.9. The van der Waals surface area contributed by atoms with Gasteiger partial charge in [0, 0.05) is 68.1 Å². The third kappa shape index (κ3) is 5.81. The monoisotopic (exact) mass is 579 g/mol. The van der Waals surface area contributed by atoms with Crippen molar-refractivity contribution in [3.8, 4) is 0 Å². The van der Waals surface area contributed by atoms with Crippen LogP contribution in [0.2, 0.25) is 0 Å². The molecule has 220 valence electrons. The Morgan fingerprint density at radius 3 is 2.41 bits per heavy atom. The van der Waals surface area contributed by atoms with Crippen molar-refractivity contribution >= 4 is 30.0 Å². The second-order valence-electron chi connectivity index (χ2n) is 13.2. The molecular weight excluding hydrogens is 538 g/mol. The lowest BCUT2D eigenvalue weighted by Crippen LogP contribution is -2.54. The molecule has 3 aliphatic heterocycles. The van der Waals surface area contributed by atoms with Gasteiger partial charge >= 0.3 is 0 Å². The van der Waals surface area contributed by atoms with E-state index in [1.165, 1.54) is 11.1 Å². The Hall–Kier alpha value is -2.74. The van der Waals surface area contributed by atoms with Crippen LogP contribution in [0.5, 0.6) is 0 Å². The molecule has 6 rings (SSSR count). The minimum Gasteiger partial charge on any atom is -0.390 e. The number of aliphatic hydroxyl groups excluding tert-OH is 1. The van der Waals surface area contributed by atoms with Crippen LogP contribution in [0.25, 0.3) is 0 Å². The quantitative estimate of drug-likeness (QED) is 0.564. The molecule has 1 spiro atoms. The minimum absolute atomic E-state index is 0. The maximum Gasteiger partial charge on any atom is 0.254 e. The number of hydrogen-bond donors (Lipinski definition) is 2. The molecule has 2 aromatic carbocycles.